The van der Waals surface area contributed by atoms with Crippen molar-refractivity contribution in [3.63, 3.8) is 0 Å². The van der Waals surface area contributed by atoms with E-state index in [-0.39, 0.29) is 0 Å². The summed E-state index contributed by atoms with van der Waals surface area (Å²) in [6.45, 7) is 1.69. The van der Waals surface area contributed by atoms with E-state index in [1.807, 2.05) is 66.7 Å². The molecule has 0 aliphatic heterocycles. The third-order valence-electron chi connectivity index (χ3n) is 3.12. The molecule has 0 aliphatic rings. The zero-order valence-corrected chi connectivity index (χ0v) is 12.4. The van der Waals surface area contributed by atoms with E-state index >= 15 is 0 Å². The monoisotopic (exact) mass is 286 g/mol. The highest BCUT2D eigenvalue weighted by molar-refractivity contribution is 7.78. The third kappa shape index (κ3) is 3.47. The van der Waals surface area contributed by atoms with Crippen LogP contribution in [0.15, 0.2) is 72.8 Å². The Balaban J connectivity index is 2.42. The van der Waals surface area contributed by atoms with Gasteiger partial charge in [-0.15, -0.1) is 0 Å². The van der Waals surface area contributed by atoms with Crippen molar-refractivity contribution in [2.45, 2.75) is 13.0 Å². The van der Waals surface area contributed by atoms with Gasteiger partial charge in [-0.2, -0.15) is 0 Å². The molecule has 0 radical (unpaired) electrons. The lowest BCUT2D eigenvalue weighted by atomic mass is 10.4. The van der Waals surface area contributed by atoms with Crippen molar-refractivity contribution < 1.29 is 9.67 Å². The van der Waals surface area contributed by atoms with Gasteiger partial charge >= 0.3 is 0 Å². The second-order valence-electron chi connectivity index (χ2n) is 4.76. The predicted octanol–water partition coefficient (Wildman–Crippen LogP) is 2.94. The summed E-state index contributed by atoms with van der Waals surface area (Å²) in [6, 6.07) is 19.1. The minimum Gasteiger partial charge on any atom is -0.389 e. The van der Waals surface area contributed by atoms with Gasteiger partial charge in [0.15, 0.2) is 0 Å². The molecule has 0 unspecified atom stereocenters. The van der Waals surface area contributed by atoms with Crippen LogP contribution >= 0.6 is 7.14 Å². The Kier molecular flexibility index (Phi) is 4.94. The lowest BCUT2D eigenvalue weighted by Gasteiger charge is -2.17. The summed E-state index contributed by atoms with van der Waals surface area (Å²) in [6.07, 6.45) is 3.39. The maximum atomic E-state index is 13.5. The average molecular weight is 286 g/mol. The van der Waals surface area contributed by atoms with E-state index in [0.29, 0.717) is 6.16 Å². The normalized spacial score (nSPS) is 13.5. The first kappa shape index (κ1) is 14.8. The van der Waals surface area contributed by atoms with E-state index in [1.54, 1.807) is 13.0 Å². The largest absolute Gasteiger partial charge is 0.389 e. The molecule has 2 aromatic carbocycles. The summed E-state index contributed by atoms with van der Waals surface area (Å²) in [5.74, 6) is 0. The lowest BCUT2D eigenvalue weighted by molar-refractivity contribution is 0.244. The van der Waals surface area contributed by atoms with Gasteiger partial charge in [-0.25, -0.2) is 0 Å². The Morgan fingerprint density at radius 3 is 1.85 bits per heavy atom. The van der Waals surface area contributed by atoms with Crippen LogP contribution in [0.25, 0.3) is 0 Å². The first-order valence-corrected chi connectivity index (χ1v) is 8.57. The quantitative estimate of drug-likeness (QED) is 0.678. The van der Waals surface area contributed by atoms with Gasteiger partial charge in [0.25, 0.3) is 0 Å². The van der Waals surface area contributed by atoms with Gasteiger partial charge in [0.1, 0.15) is 7.14 Å². The van der Waals surface area contributed by atoms with Crippen LogP contribution in [0, 0.1) is 0 Å². The molecule has 0 aromatic heterocycles. The van der Waals surface area contributed by atoms with Crippen LogP contribution in [-0.4, -0.2) is 17.4 Å². The topological polar surface area (TPSA) is 37.3 Å². The number of aliphatic hydroxyl groups excluding tert-OH is 1. The SMILES string of the molecule is C[C@H](O)/C=C/CP(=O)(c1ccccc1)c1ccccc1. The molecule has 0 heterocycles. The number of allylic oxidation sites excluding steroid dienone is 1. The predicted molar refractivity (Wildman–Crippen MR) is 85.4 cm³/mol. The molecule has 3 heteroatoms. The summed E-state index contributed by atoms with van der Waals surface area (Å²) >= 11 is 0. The number of aliphatic hydroxyl groups is 1. The molecule has 0 saturated carbocycles. The van der Waals surface area contributed by atoms with Crippen molar-refractivity contribution in [1.82, 2.24) is 0 Å². The first-order chi connectivity index (χ1) is 9.63. The summed E-state index contributed by atoms with van der Waals surface area (Å²) in [4.78, 5) is 0. The molecule has 0 fully saturated rings. The number of rotatable bonds is 5. The van der Waals surface area contributed by atoms with Crippen molar-refractivity contribution in [1.29, 1.82) is 0 Å². The molecule has 0 spiro atoms. The molecule has 0 aliphatic carbocycles. The molecular formula is C17H19O2P. The van der Waals surface area contributed by atoms with E-state index in [1.165, 1.54) is 0 Å². The average Bonchev–Trinajstić information content (AvgIpc) is 2.48. The molecule has 2 aromatic rings. The summed E-state index contributed by atoms with van der Waals surface area (Å²) in [5.41, 5.74) is 0. The molecule has 0 saturated heterocycles. The Bertz CT molecular complexity index is 560. The van der Waals surface area contributed by atoms with Crippen LogP contribution in [0.2, 0.25) is 0 Å². The van der Waals surface area contributed by atoms with E-state index in [0.717, 1.165) is 10.6 Å². The van der Waals surface area contributed by atoms with E-state index in [4.69, 9.17) is 0 Å². The van der Waals surface area contributed by atoms with Crippen LogP contribution in [0.1, 0.15) is 6.92 Å². The highest BCUT2D eigenvalue weighted by Crippen LogP contribution is 2.43. The van der Waals surface area contributed by atoms with Gasteiger partial charge in [-0.1, -0.05) is 72.8 Å². The molecule has 2 rings (SSSR count). The lowest BCUT2D eigenvalue weighted by Crippen LogP contribution is -2.17. The zero-order valence-electron chi connectivity index (χ0n) is 11.5. The molecule has 0 bridgehead atoms. The summed E-state index contributed by atoms with van der Waals surface area (Å²) in [5, 5.41) is 11.0. The third-order valence-corrected chi connectivity index (χ3v) is 6.11. The van der Waals surface area contributed by atoms with Crippen molar-refractivity contribution in [2.24, 2.45) is 0 Å². The minimum atomic E-state index is -2.68. The maximum Gasteiger partial charge on any atom is 0.146 e. The molecule has 1 atom stereocenters. The van der Waals surface area contributed by atoms with Gasteiger partial charge in [0.05, 0.1) is 6.10 Å². The smallest absolute Gasteiger partial charge is 0.146 e. The second-order valence-corrected chi connectivity index (χ2v) is 7.64. The Labute approximate surface area is 120 Å². The summed E-state index contributed by atoms with van der Waals surface area (Å²) in [7, 11) is -2.68. The van der Waals surface area contributed by atoms with Crippen LogP contribution in [0.4, 0.5) is 0 Å². The van der Waals surface area contributed by atoms with Crippen molar-refractivity contribution in [3.05, 3.63) is 72.8 Å². The van der Waals surface area contributed by atoms with Crippen molar-refractivity contribution >= 4 is 17.8 Å². The minimum absolute atomic E-state index is 0.423. The Hall–Kier alpha value is -1.63. The van der Waals surface area contributed by atoms with Crippen molar-refractivity contribution in [3.8, 4) is 0 Å². The first-order valence-electron chi connectivity index (χ1n) is 6.68. The fourth-order valence-corrected chi connectivity index (χ4v) is 4.55. The molecular weight excluding hydrogens is 267 g/mol. The fraction of sp³-hybridized carbons (Fsp3) is 0.176. The number of hydrogen-bond acceptors (Lipinski definition) is 2. The number of hydrogen-bond donors (Lipinski definition) is 1. The van der Waals surface area contributed by atoms with Crippen molar-refractivity contribution in [2.75, 3.05) is 6.16 Å². The van der Waals surface area contributed by atoms with Crippen LogP contribution in [-0.2, 0) is 4.57 Å². The highest BCUT2D eigenvalue weighted by atomic mass is 31.2. The van der Waals surface area contributed by atoms with E-state index in [2.05, 4.69) is 0 Å². The van der Waals surface area contributed by atoms with Crippen LogP contribution in [0.3, 0.4) is 0 Å². The number of benzene rings is 2. The van der Waals surface area contributed by atoms with Gasteiger partial charge in [0.2, 0.25) is 0 Å². The zero-order chi connectivity index (χ0) is 14.4. The fourth-order valence-electron chi connectivity index (χ4n) is 2.10. The van der Waals surface area contributed by atoms with Gasteiger partial charge in [-0.3, -0.25) is 0 Å². The Morgan fingerprint density at radius 1 is 1.00 bits per heavy atom. The molecule has 20 heavy (non-hydrogen) atoms. The van der Waals surface area contributed by atoms with Crippen LogP contribution in [0.5, 0.6) is 0 Å². The highest BCUT2D eigenvalue weighted by Gasteiger charge is 2.25. The second kappa shape index (κ2) is 6.69. The Morgan fingerprint density at radius 2 is 1.45 bits per heavy atom. The standard InChI is InChI=1S/C17H19O2P/c1-15(18)9-8-14-20(19,16-10-4-2-5-11-16)17-12-6-3-7-13-17/h2-13,15,18H,14H2,1H3/b9-8+/t15-/m0/s1. The van der Waals surface area contributed by atoms with Crippen LogP contribution < -0.4 is 10.6 Å². The van der Waals surface area contributed by atoms with E-state index < -0.39 is 13.2 Å². The van der Waals surface area contributed by atoms with Gasteiger partial charge in [-0.05, 0) is 6.92 Å². The molecule has 104 valence electrons. The molecule has 1 N–H and O–H groups in total. The summed E-state index contributed by atoms with van der Waals surface area (Å²) < 4.78 is 13.5. The molecule has 2 nitrogen and oxygen atoms in total. The van der Waals surface area contributed by atoms with Gasteiger partial charge < -0.3 is 9.67 Å². The van der Waals surface area contributed by atoms with E-state index in [9.17, 15) is 9.67 Å². The van der Waals surface area contributed by atoms with Gasteiger partial charge in [0, 0.05) is 16.8 Å². The molecule has 0 amide bonds. The maximum absolute atomic E-state index is 13.5.